The molecule has 1 aromatic heterocycles. The molecular weight excluding hydrogens is 357 g/mol. The van der Waals surface area contributed by atoms with Crippen LogP contribution in [0.2, 0.25) is 0 Å². The van der Waals surface area contributed by atoms with Crippen LogP contribution in [0.3, 0.4) is 0 Å². The van der Waals surface area contributed by atoms with Crippen LogP contribution in [0, 0.1) is 5.82 Å². The molecule has 1 heterocycles. The summed E-state index contributed by atoms with van der Waals surface area (Å²) in [6.45, 7) is 3.84. The van der Waals surface area contributed by atoms with E-state index in [9.17, 15) is 9.18 Å². The van der Waals surface area contributed by atoms with Crippen molar-refractivity contribution in [1.29, 1.82) is 0 Å². The van der Waals surface area contributed by atoms with Crippen LogP contribution in [-0.2, 0) is 18.3 Å². The summed E-state index contributed by atoms with van der Waals surface area (Å²) in [5.41, 5.74) is 2.42. The number of carbonyl (C=O) groups is 1. The number of nitrogens with zero attached hydrogens (tertiary/aromatic N) is 2. The Balaban J connectivity index is 1.97. The van der Waals surface area contributed by atoms with Crippen molar-refractivity contribution >= 4 is 5.91 Å². The highest BCUT2D eigenvalue weighted by Gasteiger charge is 2.21. The molecule has 3 rings (SSSR count). The van der Waals surface area contributed by atoms with Gasteiger partial charge in [0.25, 0.3) is 0 Å². The predicted octanol–water partition coefficient (Wildman–Crippen LogP) is 4.48. The maximum Gasteiger partial charge on any atom is 0.221 e. The minimum atomic E-state index is -0.450. The van der Waals surface area contributed by atoms with E-state index in [1.54, 1.807) is 29.9 Å². The van der Waals surface area contributed by atoms with Gasteiger partial charge in [0.15, 0.2) is 11.6 Å². The molecule has 0 spiro atoms. The van der Waals surface area contributed by atoms with Crippen molar-refractivity contribution < 1.29 is 13.9 Å². The molecule has 1 N–H and O–H groups in total. The second-order valence-corrected chi connectivity index (χ2v) is 6.88. The Kier molecular flexibility index (Phi) is 6.09. The van der Waals surface area contributed by atoms with Gasteiger partial charge in [0.2, 0.25) is 11.8 Å². The molecule has 28 heavy (non-hydrogen) atoms. The fourth-order valence-corrected chi connectivity index (χ4v) is 3.00. The monoisotopic (exact) mass is 381 g/mol. The Hall–Kier alpha value is -3.15. The van der Waals surface area contributed by atoms with Crippen LogP contribution in [0.5, 0.6) is 11.6 Å². The zero-order valence-electron chi connectivity index (χ0n) is 16.3. The zero-order valence-corrected chi connectivity index (χ0v) is 16.3. The number of nitrogens with one attached hydrogen (secondary N) is 1. The van der Waals surface area contributed by atoms with Crippen molar-refractivity contribution in [3.05, 3.63) is 66.0 Å². The van der Waals surface area contributed by atoms with E-state index in [-0.39, 0.29) is 24.1 Å². The van der Waals surface area contributed by atoms with Gasteiger partial charge in [-0.1, -0.05) is 42.5 Å². The van der Waals surface area contributed by atoms with E-state index in [4.69, 9.17) is 4.74 Å². The van der Waals surface area contributed by atoms with Gasteiger partial charge in [-0.15, -0.1) is 0 Å². The number of aryl methyl sites for hydroxylation is 1. The molecule has 2 aromatic carbocycles. The smallest absolute Gasteiger partial charge is 0.221 e. The predicted molar refractivity (Wildman–Crippen MR) is 107 cm³/mol. The van der Waals surface area contributed by atoms with E-state index in [2.05, 4.69) is 10.4 Å². The maximum atomic E-state index is 14.1. The molecule has 0 aliphatic carbocycles. The lowest BCUT2D eigenvalue weighted by molar-refractivity contribution is -0.121. The lowest BCUT2D eigenvalue weighted by Gasteiger charge is -2.11. The number of benzene rings is 2. The lowest BCUT2D eigenvalue weighted by atomic mass is 10.0. The van der Waals surface area contributed by atoms with E-state index < -0.39 is 5.82 Å². The van der Waals surface area contributed by atoms with Gasteiger partial charge in [0, 0.05) is 30.6 Å². The minimum Gasteiger partial charge on any atom is -0.436 e. The van der Waals surface area contributed by atoms with Crippen LogP contribution < -0.4 is 10.1 Å². The Bertz CT molecular complexity index is 952. The van der Waals surface area contributed by atoms with Gasteiger partial charge < -0.3 is 10.1 Å². The Morgan fingerprint density at radius 1 is 1.14 bits per heavy atom. The molecule has 0 fully saturated rings. The second kappa shape index (κ2) is 8.69. The fourth-order valence-electron chi connectivity index (χ4n) is 3.00. The quantitative estimate of drug-likeness (QED) is 0.657. The number of rotatable bonds is 7. The Labute approximate surface area is 164 Å². The van der Waals surface area contributed by atoms with E-state index in [0.29, 0.717) is 12.3 Å². The van der Waals surface area contributed by atoms with Crippen LogP contribution >= 0.6 is 0 Å². The maximum absolute atomic E-state index is 14.1. The largest absolute Gasteiger partial charge is 0.436 e. The SMILES string of the molecule is CC(C)NC(=O)CCc1c(-c2ccccc2)nn(C)c1Oc1ccccc1F. The van der Waals surface area contributed by atoms with Crippen molar-refractivity contribution in [3.63, 3.8) is 0 Å². The number of hydrogen-bond acceptors (Lipinski definition) is 3. The molecule has 0 saturated carbocycles. The van der Waals surface area contributed by atoms with Crippen LogP contribution in [0.1, 0.15) is 25.8 Å². The van der Waals surface area contributed by atoms with E-state index in [1.165, 1.54) is 6.07 Å². The number of halogens is 1. The van der Waals surface area contributed by atoms with E-state index in [0.717, 1.165) is 16.8 Å². The molecule has 146 valence electrons. The molecule has 0 radical (unpaired) electrons. The van der Waals surface area contributed by atoms with Gasteiger partial charge in [-0.3, -0.25) is 4.79 Å². The van der Waals surface area contributed by atoms with Crippen LogP contribution in [0.25, 0.3) is 11.3 Å². The van der Waals surface area contributed by atoms with Crippen LogP contribution in [0.15, 0.2) is 54.6 Å². The summed E-state index contributed by atoms with van der Waals surface area (Å²) in [7, 11) is 1.75. The average molecular weight is 381 g/mol. The minimum absolute atomic E-state index is 0.0466. The summed E-state index contributed by atoms with van der Waals surface area (Å²) in [6.07, 6.45) is 0.720. The summed E-state index contributed by atoms with van der Waals surface area (Å²) >= 11 is 0. The molecular formula is C22H24FN3O2. The fraction of sp³-hybridized carbons (Fsp3) is 0.273. The first-order chi connectivity index (χ1) is 13.5. The summed E-state index contributed by atoms with van der Waals surface area (Å²) in [5, 5.41) is 7.47. The first-order valence-corrected chi connectivity index (χ1v) is 9.28. The first kappa shape index (κ1) is 19.6. The molecule has 3 aromatic rings. The van der Waals surface area contributed by atoms with Crippen molar-refractivity contribution in [1.82, 2.24) is 15.1 Å². The Morgan fingerprint density at radius 3 is 2.50 bits per heavy atom. The molecule has 5 nitrogen and oxygen atoms in total. The van der Waals surface area contributed by atoms with Gasteiger partial charge >= 0.3 is 0 Å². The third-order valence-electron chi connectivity index (χ3n) is 4.23. The topological polar surface area (TPSA) is 56.2 Å². The molecule has 0 saturated heterocycles. The van der Waals surface area contributed by atoms with E-state index >= 15 is 0 Å². The standard InChI is InChI=1S/C22H24FN3O2/c1-15(2)24-20(27)14-13-17-21(16-9-5-4-6-10-16)25-26(3)22(17)28-19-12-8-7-11-18(19)23/h4-12,15H,13-14H2,1-3H3,(H,24,27). The number of amides is 1. The van der Waals surface area contributed by atoms with Crippen molar-refractivity contribution in [2.75, 3.05) is 0 Å². The molecule has 0 atom stereocenters. The zero-order chi connectivity index (χ0) is 20.1. The molecule has 6 heteroatoms. The highest BCUT2D eigenvalue weighted by atomic mass is 19.1. The highest BCUT2D eigenvalue weighted by molar-refractivity contribution is 5.77. The molecule has 1 amide bonds. The average Bonchev–Trinajstić information content (AvgIpc) is 2.98. The molecule has 0 unspecified atom stereocenters. The number of hydrogen-bond donors (Lipinski definition) is 1. The summed E-state index contributed by atoms with van der Waals surface area (Å²) < 4.78 is 21.6. The lowest BCUT2D eigenvalue weighted by Crippen LogP contribution is -2.30. The number of para-hydroxylation sites is 1. The number of carbonyl (C=O) groups excluding carboxylic acids is 1. The molecule has 0 aliphatic rings. The van der Waals surface area contributed by atoms with E-state index in [1.807, 2.05) is 44.2 Å². The van der Waals surface area contributed by atoms with Gasteiger partial charge in [-0.25, -0.2) is 9.07 Å². The Morgan fingerprint density at radius 2 is 1.82 bits per heavy atom. The summed E-state index contributed by atoms with van der Waals surface area (Å²) in [5.74, 6) is 0.0578. The summed E-state index contributed by atoms with van der Waals surface area (Å²) in [4.78, 5) is 12.2. The van der Waals surface area contributed by atoms with Gasteiger partial charge in [-0.05, 0) is 32.4 Å². The van der Waals surface area contributed by atoms with Crippen LogP contribution in [-0.4, -0.2) is 21.7 Å². The normalized spacial score (nSPS) is 10.9. The van der Waals surface area contributed by atoms with Gasteiger partial charge in [0.1, 0.15) is 0 Å². The van der Waals surface area contributed by atoms with Crippen molar-refractivity contribution in [3.8, 4) is 22.9 Å². The number of aromatic nitrogens is 2. The molecule has 0 aliphatic heterocycles. The third-order valence-corrected chi connectivity index (χ3v) is 4.23. The summed E-state index contributed by atoms with van der Waals surface area (Å²) in [6, 6.07) is 16.0. The number of ether oxygens (including phenoxy) is 1. The molecule has 0 bridgehead atoms. The van der Waals surface area contributed by atoms with Crippen molar-refractivity contribution in [2.45, 2.75) is 32.7 Å². The second-order valence-electron chi connectivity index (χ2n) is 6.88. The van der Waals surface area contributed by atoms with Gasteiger partial charge in [-0.2, -0.15) is 5.10 Å². The van der Waals surface area contributed by atoms with Crippen LogP contribution in [0.4, 0.5) is 4.39 Å². The third kappa shape index (κ3) is 4.57. The van der Waals surface area contributed by atoms with Gasteiger partial charge in [0.05, 0.1) is 5.69 Å². The highest BCUT2D eigenvalue weighted by Crippen LogP contribution is 2.34. The first-order valence-electron chi connectivity index (χ1n) is 9.28. The van der Waals surface area contributed by atoms with Crippen molar-refractivity contribution in [2.24, 2.45) is 7.05 Å².